The number of benzene rings is 2. The van der Waals surface area contributed by atoms with Gasteiger partial charge in [0.25, 0.3) is 5.91 Å². The van der Waals surface area contributed by atoms with E-state index in [1.807, 2.05) is 13.0 Å². The molecule has 4 rings (SSSR count). The van der Waals surface area contributed by atoms with E-state index in [0.717, 1.165) is 24.0 Å². The van der Waals surface area contributed by atoms with Crippen LogP contribution in [0.5, 0.6) is 0 Å². The Morgan fingerprint density at radius 3 is 2.58 bits per heavy atom. The fraction of sp³-hybridized carbons (Fsp3) is 0.304. The molecule has 8 heteroatoms. The number of carbonyl (C=O) groups is 2. The highest BCUT2D eigenvalue weighted by Gasteiger charge is 2.23. The van der Waals surface area contributed by atoms with Crippen LogP contribution in [0.4, 0.5) is 5.69 Å². The van der Waals surface area contributed by atoms with Gasteiger partial charge in [-0.05, 0) is 49.6 Å². The monoisotopic (exact) mass is 438 g/mol. The van der Waals surface area contributed by atoms with Crippen molar-refractivity contribution in [3.8, 4) is 11.4 Å². The van der Waals surface area contributed by atoms with Gasteiger partial charge in [-0.1, -0.05) is 47.8 Å². The Hall–Kier alpha value is -3.19. The van der Waals surface area contributed by atoms with Crippen LogP contribution >= 0.6 is 11.6 Å². The summed E-state index contributed by atoms with van der Waals surface area (Å²) >= 11 is 6.12. The number of aryl methyl sites for hydroxylation is 1. The highest BCUT2D eigenvalue weighted by Crippen LogP contribution is 2.33. The zero-order valence-electron chi connectivity index (χ0n) is 17.2. The lowest BCUT2D eigenvalue weighted by Crippen LogP contribution is -2.32. The van der Waals surface area contributed by atoms with Gasteiger partial charge in [-0.25, -0.2) is 0 Å². The molecule has 1 aliphatic rings. The molecule has 2 aromatic carbocycles. The molecule has 1 saturated carbocycles. The molecule has 1 aromatic heterocycles. The largest absolute Gasteiger partial charge is 0.343 e. The number of hydrogen-bond donors (Lipinski definition) is 2. The number of anilines is 1. The molecule has 1 aliphatic carbocycles. The second-order valence-electron chi connectivity index (χ2n) is 7.73. The molecule has 1 heterocycles. The van der Waals surface area contributed by atoms with Gasteiger partial charge in [0.05, 0.1) is 17.3 Å². The Morgan fingerprint density at radius 1 is 1.13 bits per heavy atom. The molecular weight excluding hydrogens is 416 g/mol. The van der Waals surface area contributed by atoms with E-state index in [0.29, 0.717) is 33.9 Å². The third kappa shape index (κ3) is 5.11. The summed E-state index contributed by atoms with van der Waals surface area (Å²) in [5, 5.41) is 9.81. The minimum Gasteiger partial charge on any atom is -0.343 e. The smallest absolute Gasteiger partial charge is 0.251 e. The molecule has 0 atom stereocenters. The molecule has 1 fully saturated rings. The quantitative estimate of drug-likeness (QED) is 0.580. The molecule has 0 saturated heterocycles. The van der Waals surface area contributed by atoms with Crippen molar-refractivity contribution in [1.29, 1.82) is 0 Å². The van der Waals surface area contributed by atoms with E-state index in [1.54, 1.807) is 36.4 Å². The number of carbonyl (C=O) groups excluding carboxylic acids is 2. The van der Waals surface area contributed by atoms with Crippen LogP contribution in [0.1, 0.15) is 53.4 Å². The van der Waals surface area contributed by atoms with Crippen LogP contribution in [0.3, 0.4) is 0 Å². The molecule has 0 aliphatic heterocycles. The van der Waals surface area contributed by atoms with Crippen LogP contribution in [0.25, 0.3) is 11.4 Å². The minimum atomic E-state index is -0.359. The lowest BCUT2D eigenvalue weighted by Gasteiger charge is -2.09. The molecule has 160 valence electrons. The summed E-state index contributed by atoms with van der Waals surface area (Å²) in [6.07, 6.45) is 4.57. The number of nitrogens with one attached hydrogen (secondary N) is 2. The topological polar surface area (TPSA) is 97.1 Å². The lowest BCUT2D eigenvalue weighted by atomic mass is 10.1. The first-order valence-corrected chi connectivity index (χ1v) is 10.7. The predicted molar refractivity (Wildman–Crippen MR) is 118 cm³/mol. The normalized spacial score (nSPS) is 13.9. The second kappa shape index (κ2) is 9.31. The first-order valence-electron chi connectivity index (χ1n) is 10.3. The van der Waals surface area contributed by atoms with Crippen molar-refractivity contribution in [3.05, 3.63) is 64.5 Å². The average Bonchev–Trinajstić information content (AvgIpc) is 3.46. The summed E-state index contributed by atoms with van der Waals surface area (Å²) in [6, 6.07) is 12.2. The summed E-state index contributed by atoms with van der Waals surface area (Å²) in [7, 11) is 0. The first kappa shape index (κ1) is 21.1. The second-order valence-corrected chi connectivity index (χ2v) is 8.14. The molecular formula is C23H23ClN4O3. The first-order chi connectivity index (χ1) is 15.0. The predicted octanol–water partition coefficient (Wildman–Crippen LogP) is 4.72. The average molecular weight is 439 g/mol. The molecule has 3 aromatic rings. The SMILES string of the molecule is Cc1ccc(NC(=O)CNC(=O)c2ccc(-c3noc(C4CCCC4)n3)cc2)c(Cl)c1. The summed E-state index contributed by atoms with van der Waals surface area (Å²) < 4.78 is 5.42. The van der Waals surface area contributed by atoms with Crippen molar-refractivity contribution >= 4 is 29.1 Å². The van der Waals surface area contributed by atoms with Crippen molar-refractivity contribution in [1.82, 2.24) is 15.5 Å². The van der Waals surface area contributed by atoms with Crippen molar-refractivity contribution < 1.29 is 14.1 Å². The summed E-state index contributed by atoms with van der Waals surface area (Å²) in [4.78, 5) is 29.0. The molecule has 31 heavy (non-hydrogen) atoms. The van der Waals surface area contributed by atoms with Crippen LogP contribution in [0, 0.1) is 6.92 Å². The van der Waals surface area contributed by atoms with Crippen molar-refractivity contribution in [2.75, 3.05) is 11.9 Å². The number of amides is 2. The van der Waals surface area contributed by atoms with E-state index in [2.05, 4.69) is 20.8 Å². The lowest BCUT2D eigenvalue weighted by molar-refractivity contribution is -0.115. The van der Waals surface area contributed by atoms with Gasteiger partial charge in [0.15, 0.2) is 0 Å². The zero-order valence-corrected chi connectivity index (χ0v) is 17.9. The number of hydrogen-bond acceptors (Lipinski definition) is 5. The standard InChI is InChI=1S/C23H23ClN4O3/c1-14-6-11-19(18(24)12-14)26-20(29)13-25-22(30)16-9-7-15(8-10-16)21-27-23(31-28-21)17-4-2-3-5-17/h6-12,17H,2-5,13H2,1H3,(H,25,30)(H,26,29). The van der Waals surface area contributed by atoms with Gasteiger partial charge in [-0.15, -0.1) is 0 Å². The Bertz CT molecular complexity index is 1090. The summed E-state index contributed by atoms with van der Waals surface area (Å²) in [5.74, 6) is 0.850. The molecule has 0 spiro atoms. The Morgan fingerprint density at radius 2 is 1.87 bits per heavy atom. The number of aromatic nitrogens is 2. The van der Waals surface area contributed by atoms with Gasteiger partial charge >= 0.3 is 0 Å². The van der Waals surface area contributed by atoms with Crippen LogP contribution in [0.2, 0.25) is 5.02 Å². The zero-order chi connectivity index (χ0) is 21.8. The van der Waals surface area contributed by atoms with E-state index in [9.17, 15) is 9.59 Å². The van der Waals surface area contributed by atoms with Crippen molar-refractivity contribution in [2.24, 2.45) is 0 Å². The fourth-order valence-corrected chi connectivity index (χ4v) is 3.92. The van der Waals surface area contributed by atoms with E-state index >= 15 is 0 Å². The van der Waals surface area contributed by atoms with Gasteiger partial charge in [-0.3, -0.25) is 9.59 Å². The minimum absolute atomic E-state index is 0.166. The van der Waals surface area contributed by atoms with E-state index in [1.165, 1.54) is 12.8 Å². The highest BCUT2D eigenvalue weighted by molar-refractivity contribution is 6.33. The molecule has 0 radical (unpaired) electrons. The summed E-state index contributed by atoms with van der Waals surface area (Å²) in [6.45, 7) is 1.75. The number of nitrogens with zero attached hydrogens (tertiary/aromatic N) is 2. The van der Waals surface area contributed by atoms with Crippen molar-refractivity contribution in [3.63, 3.8) is 0 Å². The van der Waals surface area contributed by atoms with Crippen molar-refractivity contribution in [2.45, 2.75) is 38.5 Å². The number of rotatable bonds is 6. The van der Waals surface area contributed by atoms with Crippen LogP contribution in [-0.4, -0.2) is 28.5 Å². The molecule has 7 nitrogen and oxygen atoms in total. The van der Waals surface area contributed by atoms with Gasteiger partial charge in [0.1, 0.15) is 0 Å². The van der Waals surface area contributed by atoms with Gasteiger partial charge in [-0.2, -0.15) is 4.98 Å². The van der Waals surface area contributed by atoms with Crippen LogP contribution in [-0.2, 0) is 4.79 Å². The molecule has 0 unspecified atom stereocenters. The Labute approximate surface area is 185 Å². The molecule has 2 N–H and O–H groups in total. The fourth-order valence-electron chi connectivity index (χ4n) is 3.64. The number of halogens is 1. The maximum absolute atomic E-state index is 12.4. The van der Waals surface area contributed by atoms with Gasteiger partial charge in [0.2, 0.25) is 17.6 Å². The Kier molecular flexibility index (Phi) is 6.32. The third-order valence-corrected chi connectivity index (χ3v) is 5.67. The third-order valence-electron chi connectivity index (χ3n) is 5.36. The molecule has 0 bridgehead atoms. The Balaban J connectivity index is 1.32. The van der Waals surface area contributed by atoms with Gasteiger partial charge < -0.3 is 15.2 Å². The van der Waals surface area contributed by atoms with E-state index in [4.69, 9.17) is 16.1 Å². The maximum Gasteiger partial charge on any atom is 0.251 e. The summed E-state index contributed by atoms with van der Waals surface area (Å²) in [5.41, 5.74) is 2.71. The molecule has 2 amide bonds. The van der Waals surface area contributed by atoms with Crippen LogP contribution in [0.15, 0.2) is 47.0 Å². The van der Waals surface area contributed by atoms with Crippen LogP contribution < -0.4 is 10.6 Å². The van der Waals surface area contributed by atoms with Gasteiger partial charge in [0, 0.05) is 17.0 Å². The van der Waals surface area contributed by atoms with E-state index in [-0.39, 0.29) is 18.4 Å². The maximum atomic E-state index is 12.4. The van der Waals surface area contributed by atoms with E-state index < -0.39 is 0 Å². The highest BCUT2D eigenvalue weighted by atomic mass is 35.5.